The molecule has 2 aromatic rings. The molecule has 1 fully saturated rings. The third kappa shape index (κ3) is 6.10. The van der Waals surface area contributed by atoms with Gasteiger partial charge >= 0.3 is 0 Å². The molecule has 0 radical (unpaired) electrons. The van der Waals surface area contributed by atoms with E-state index in [4.69, 9.17) is 16.3 Å². The molecule has 1 aliphatic rings. The van der Waals surface area contributed by atoms with Gasteiger partial charge in [-0.3, -0.25) is 4.79 Å². The molecular weight excluding hydrogens is 372 g/mol. The van der Waals surface area contributed by atoms with Gasteiger partial charge in [0, 0.05) is 16.3 Å². The predicted molar refractivity (Wildman–Crippen MR) is 114 cm³/mol. The van der Waals surface area contributed by atoms with E-state index < -0.39 is 0 Å². The second kappa shape index (κ2) is 10.3. The smallest absolute Gasteiger partial charge is 0.271 e. The van der Waals surface area contributed by atoms with Gasteiger partial charge in [-0.15, -0.1) is 0 Å². The lowest BCUT2D eigenvalue weighted by molar-refractivity contribution is 0.0954. The fraction of sp³-hybridized carbons (Fsp3) is 0.391. The van der Waals surface area contributed by atoms with Crippen molar-refractivity contribution < 1.29 is 9.53 Å². The van der Waals surface area contributed by atoms with E-state index >= 15 is 0 Å². The van der Waals surface area contributed by atoms with Crippen LogP contribution < -0.4 is 10.2 Å². The highest BCUT2D eigenvalue weighted by molar-refractivity contribution is 6.31. The Balaban J connectivity index is 1.52. The van der Waals surface area contributed by atoms with Gasteiger partial charge in [-0.1, -0.05) is 43.0 Å². The van der Waals surface area contributed by atoms with Crippen LogP contribution in [0.2, 0.25) is 5.02 Å². The molecular formula is C23H27ClN2O2. The number of halogens is 1. The van der Waals surface area contributed by atoms with Gasteiger partial charge in [0.05, 0.1) is 0 Å². The van der Waals surface area contributed by atoms with Crippen LogP contribution in [-0.2, 0) is 6.61 Å². The maximum absolute atomic E-state index is 12.3. The minimum atomic E-state index is -0.171. The fourth-order valence-electron chi connectivity index (χ4n) is 3.25. The zero-order valence-corrected chi connectivity index (χ0v) is 17.1. The Labute approximate surface area is 171 Å². The first-order valence-corrected chi connectivity index (χ1v) is 10.3. The summed E-state index contributed by atoms with van der Waals surface area (Å²) in [6.45, 7) is 2.38. The molecule has 1 aliphatic carbocycles. The Hall–Kier alpha value is -2.33. The lowest BCUT2D eigenvalue weighted by Crippen LogP contribution is -2.20. The first kappa shape index (κ1) is 20.4. The Bertz CT molecular complexity index is 821. The molecule has 1 saturated carbocycles. The number of aryl methyl sites for hydroxylation is 1. The minimum Gasteiger partial charge on any atom is -0.489 e. The second-order valence-electron chi connectivity index (χ2n) is 7.28. The van der Waals surface area contributed by atoms with Crippen molar-refractivity contribution in [2.45, 2.75) is 58.5 Å². The van der Waals surface area contributed by atoms with E-state index in [1.807, 2.05) is 37.3 Å². The molecule has 1 amide bonds. The Kier molecular flexibility index (Phi) is 7.49. The van der Waals surface area contributed by atoms with Crippen molar-refractivity contribution >= 4 is 23.2 Å². The number of carbonyl (C=O) groups is 1. The maximum Gasteiger partial charge on any atom is 0.271 e. The highest BCUT2D eigenvalue weighted by atomic mass is 35.5. The van der Waals surface area contributed by atoms with E-state index in [2.05, 4.69) is 10.5 Å². The van der Waals surface area contributed by atoms with Gasteiger partial charge < -0.3 is 4.74 Å². The number of ether oxygens (including phenoxy) is 1. The summed E-state index contributed by atoms with van der Waals surface area (Å²) in [5.41, 5.74) is 6.40. The second-order valence-corrected chi connectivity index (χ2v) is 7.69. The number of benzene rings is 2. The number of hydrogen-bond donors (Lipinski definition) is 1. The molecule has 0 saturated heterocycles. The number of hydrazone groups is 1. The van der Waals surface area contributed by atoms with Gasteiger partial charge in [0.1, 0.15) is 12.4 Å². The van der Waals surface area contributed by atoms with Crippen molar-refractivity contribution in [3.63, 3.8) is 0 Å². The van der Waals surface area contributed by atoms with Gasteiger partial charge in [0.2, 0.25) is 0 Å². The summed E-state index contributed by atoms with van der Waals surface area (Å²) in [6, 6.07) is 13.0. The first-order valence-electron chi connectivity index (χ1n) is 9.95. The topological polar surface area (TPSA) is 50.7 Å². The van der Waals surface area contributed by atoms with Crippen LogP contribution in [0.4, 0.5) is 0 Å². The number of carbonyl (C=O) groups excluding carboxylic acids is 1. The van der Waals surface area contributed by atoms with Crippen molar-refractivity contribution in [2.75, 3.05) is 0 Å². The largest absolute Gasteiger partial charge is 0.489 e. The van der Waals surface area contributed by atoms with E-state index in [9.17, 15) is 4.79 Å². The van der Waals surface area contributed by atoms with Crippen LogP contribution in [0.25, 0.3) is 0 Å². The molecule has 1 N–H and O–H groups in total. The number of rotatable bonds is 5. The lowest BCUT2D eigenvalue weighted by atomic mass is 9.99. The molecule has 0 aliphatic heterocycles. The van der Waals surface area contributed by atoms with Gasteiger partial charge in [0.15, 0.2) is 0 Å². The molecule has 5 heteroatoms. The molecule has 0 atom stereocenters. The van der Waals surface area contributed by atoms with E-state index in [0.29, 0.717) is 12.2 Å². The van der Waals surface area contributed by atoms with E-state index in [1.54, 1.807) is 12.1 Å². The molecule has 0 unspecified atom stereocenters. The minimum absolute atomic E-state index is 0.171. The van der Waals surface area contributed by atoms with Crippen molar-refractivity contribution in [1.29, 1.82) is 0 Å². The summed E-state index contributed by atoms with van der Waals surface area (Å²) >= 11 is 6.03. The number of hydrogen-bond acceptors (Lipinski definition) is 3. The molecule has 0 aromatic heterocycles. The van der Waals surface area contributed by atoms with Crippen LogP contribution in [0.1, 0.15) is 66.4 Å². The Morgan fingerprint density at radius 2 is 1.71 bits per heavy atom. The molecule has 2 aromatic carbocycles. The van der Waals surface area contributed by atoms with Gasteiger partial charge in [0.25, 0.3) is 5.91 Å². The maximum atomic E-state index is 12.3. The van der Waals surface area contributed by atoms with Crippen LogP contribution >= 0.6 is 11.6 Å². The van der Waals surface area contributed by atoms with Gasteiger partial charge in [-0.05, 0) is 74.1 Å². The van der Waals surface area contributed by atoms with Crippen molar-refractivity contribution in [2.24, 2.45) is 5.10 Å². The van der Waals surface area contributed by atoms with Crippen LogP contribution in [0.5, 0.6) is 5.75 Å². The van der Waals surface area contributed by atoms with Crippen LogP contribution in [-0.4, -0.2) is 11.6 Å². The number of nitrogens with one attached hydrogen (secondary N) is 1. The average molecular weight is 399 g/mol. The van der Waals surface area contributed by atoms with Gasteiger partial charge in [-0.2, -0.15) is 5.10 Å². The summed E-state index contributed by atoms with van der Waals surface area (Å²) in [5, 5.41) is 5.08. The molecule has 3 rings (SSSR count). The standard InChI is InChI=1S/C23H27ClN2O2/c1-17-15-21(13-14-22(17)24)28-16-18-9-11-19(12-10-18)23(27)26-25-20-7-5-3-2-4-6-8-20/h9-15H,2-8,16H2,1H3,(H,26,27). The zero-order chi connectivity index (χ0) is 19.8. The third-order valence-corrected chi connectivity index (χ3v) is 5.42. The fourth-order valence-corrected chi connectivity index (χ4v) is 3.36. The van der Waals surface area contributed by atoms with Crippen LogP contribution in [0.3, 0.4) is 0 Å². The molecule has 148 valence electrons. The summed E-state index contributed by atoms with van der Waals surface area (Å²) in [5.74, 6) is 0.606. The average Bonchev–Trinajstić information content (AvgIpc) is 2.68. The molecule has 4 nitrogen and oxygen atoms in total. The molecule has 28 heavy (non-hydrogen) atoms. The Morgan fingerprint density at radius 3 is 2.39 bits per heavy atom. The van der Waals surface area contributed by atoms with E-state index in [1.165, 1.54) is 19.3 Å². The summed E-state index contributed by atoms with van der Waals surface area (Å²) in [6.07, 6.45) is 8.13. The highest BCUT2D eigenvalue weighted by Gasteiger charge is 2.08. The summed E-state index contributed by atoms with van der Waals surface area (Å²) in [4.78, 5) is 12.3. The van der Waals surface area contributed by atoms with Crippen molar-refractivity contribution in [1.82, 2.24) is 5.43 Å². The number of amides is 1. The van der Waals surface area contributed by atoms with E-state index in [-0.39, 0.29) is 5.91 Å². The molecule has 0 heterocycles. The predicted octanol–water partition coefficient (Wildman–Crippen LogP) is 6.06. The normalized spacial score (nSPS) is 14.7. The lowest BCUT2D eigenvalue weighted by Gasteiger charge is -2.11. The highest BCUT2D eigenvalue weighted by Crippen LogP contribution is 2.22. The quantitative estimate of drug-likeness (QED) is 0.622. The summed E-state index contributed by atoms with van der Waals surface area (Å²) in [7, 11) is 0. The molecule has 0 bridgehead atoms. The van der Waals surface area contributed by atoms with Crippen molar-refractivity contribution in [3.05, 3.63) is 64.2 Å². The monoisotopic (exact) mass is 398 g/mol. The van der Waals surface area contributed by atoms with Crippen LogP contribution in [0.15, 0.2) is 47.6 Å². The van der Waals surface area contributed by atoms with Gasteiger partial charge in [-0.25, -0.2) is 5.43 Å². The van der Waals surface area contributed by atoms with Crippen LogP contribution in [0, 0.1) is 6.92 Å². The summed E-state index contributed by atoms with van der Waals surface area (Å²) < 4.78 is 5.80. The SMILES string of the molecule is Cc1cc(OCc2ccc(C(=O)NN=C3CCCCCCC3)cc2)ccc1Cl. The van der Waals surface area contributed by atoms with Crippen molar-refractivity contribution in [3.8, 4) is 5.75 Å². The zero-order valence-electron chi connectivity index (χ0n) is 16.3. The first-order chi connectivity index (χ1) is 13.6. The molecule has 0 spiro atoms. The van der Waals surface area contributed by atoms with E-state index in [0.717, 1.165) is 53.3 Å². The Morgan fingerprint density at radius 1 is 1.04 bits per heavy atom. The third-order valence-electron chi connectivity index (χ3n) is 5.00. The number of nitrogens with zero attached hydrogens (tertiary/aromatic N) is 1.